The van der Waals surface area contributed by atoms with Gasteiger partial charge >= 0.3 is 0 Å². The van der Waals surface area contributed by atoms with E-state index < -0.39 is 0 Å². The van der Waals surface area contributed by atoms with Crippen LogP contribution in [0.1, 0.15) is 46.0 Å². The Morgan fingerprint density at radius 1 is 0.500 bits per heavy atom. The number of anilines is 2. The highest BCUT2D eigenvalue weighted by Gasteiger charge is 2.35. The molecule has 256 valence electrons. The third kappa shape index (κ3) is 7.26. The van der Waals surface area contributed by atoms with Gasteiger partial charge in [-0.05, 0) is 67.4 Å². The minimum absolute atomic E-state index is 0.117. The van der Waals surface area contributed by atoms with Gasteiger partial charge in [-0.2, -0.15) is 0 Å². The molecule has 4 aromatic carbocycles. The minimum Gasteiger partial charge on any atom is -0.378 e. The number of tetrazole rings is 2. The summed E-state index contributed by atoms with van der Waals surface area (Å²) in [4.78, 5) is 9.25. The number of rotatable bonds is 12. The number of hydrogen-bond donors (Lipinski definition) is 0. The number of piperazine rings is 1. The Morgan fingerprint density at radius 2 is 0.860 bits per heavy atom. The Kier molecular flexibility index (Phi) is 9.90. The molecule has 0 radical (unpaired) electrons. The summed E-state index contributed by atoms with van der Waals surface area (Å²) >= 11 is 0. The van der Waals surface area contributed by atoms with Gasteiger partial charge in [-0.1, -0.05) is 84.9 Å². The summed E-state index contributed by atoms with van der Waals surface area (Å²) in [6.07, 6.45) is 0. The van der Waals surface area contributed by atoms with Gasteiger partial charge in [-0.25, -0.2) is 9.36 Å². The fourth-order valence-electron chi connectivity index (χ4n) is 6.76. The standard InChI is InChI=1S/C38H44N12/c1-45(2)33-19-15-31(16-20-33)35(37-39-41-43-49(37)27-29-11-7-5-8-12-29)47-23-25-48(26-24-47)36(32-17-21-34(22-18-32)46(3)4)38-40-42-44-50(38)28-30-13-9-6-10-14-30/h5-22,35-36H,23-28H2,1-4H3/t35-,36-/m0/s1. The zero-order chi connectivity index (χ0) is 34.5. The molecule has 1 aliphatic rings. The van der Waals surface area contributed by atoms with Crippen LogP contribution in [0, 0.1) is 0 Å². The molecule has 7 rings (SSSR count). The number of benzene rings is 4. The monoisotopic (exact) mass is 668 g/mol. The fraction of sp³-hybridized carbons (Fsp3) is 0.316. The van der Waals surface area contributed by atoms with Crippen molar-refractivity contribution in [2.45, 2.75) is 25.2 Å². The van der Waals surface area contributed by atoms with Crippen molar-refractivity contribution in [2.24, 2.45) is 0 Å². The highest BCUT2D eigenvalue weighted by atomic mass is 15.6. The SMILES string of the molecule is CN(C)c1ccc([C@@H](c2nnnn2Cc2ccccc2)N2CCN([C@@H](c3ccc(N(C)C)cc3)c3nnnn3Cc3ccccc3)CC2)cc1. The fourth-order valence-corrected chi connectivity index (χ4v) is 6.76. The van der Waals surface area contributed by atoms with E-state index in [1.54, 1.807) is 0 Å². The molecule has 0 spiro atoms. The van der Waals surface area contributed by atoms with E-state index in [1.807, 2.05) is 21.5 Å². The smallest absolute Gasteiger partial charge is 0.173 e. The molecule has 1 aliphatic heterocycles. The van der Waals surface area contributed by atoms with E-state index in [-0.39, 0.29) is 12.1 Å². The van der Waals surface area contributed by atoms with Crippen LogP contribution in [0.25, 0.3) is 0 Å². The molecule has 0 bridgehead atoms. The highest BCUT2D eigenvalue weighted by molar-refractivity contribution is 5.48. The molecule has 6 aromatic rings. The van der Waals surface area contributed by atoms with Crippen LogP contribution in [-0.4, -0.2) is 105 Å². The second kappa shape index (κ2) is 15.0. The molecule has 2 aromatic heterocycles. The molecule has 0 amide bonds. The van der Waals surface area contributed by atoms with E-state index in [0.717, 1.165) is 71.5 Å². The summed E-state index contributed by atoms with van der Waals surface area (Å²) in [7, 11) is 8.25. The van der Waals surface area contributed by atoms with Crippen molar-refractivity contribution in [1.29, 1.82) is 0 Å². The van der Waals surface area contributed by atoms with Crippen LogP contribution in [0.4, 0.5) is 11.4 Å². The second-order valence-corrected chi connectivity index (χ2v) is 13.2. The molecule has 2 atom stereocenters. The highest BCUT2D eigenvalue weighted by Crippen LogP contribution is 2.34. The summed E-state index contributed by atoms with van der Waals surface area (Å²) in [5.41, 5.74) is 6.94. The van der Waals surface area contributed by atoms with Gasteiger partial charge in [0, 0.05) is 65.7 Å². The van der Waals surface area contributed by atoms with Crippen LogP contribution in [-0.2, 0) is 13.1 Å². The Bertz CT molecular complexity index is 1780. The molecule has 0 aliphatic carbocycles. The molecule has 0 unspecified atom stereocenters. The lowest BCUT2D eigenvalue weighted by Crippen LogP contribution is -2.50. The Hall–Kier alpha value is -5.46. The maximum absolute atomic E-state index is 4.64. The molecular formula is C38H44N12. The van der Waals surface area contributed by atoms with Crippen molar-refractivity contribution in [3.05, 3.63) is 143 Å². The van der Waals surface area contributed by atoms with Crippen molar-refractivity contribution in [3.8, 4) is 0 Å². The largest absolute Gasteiger partial charge is 0.378 e. The van der Waals surface area contributed by atoms with Crippen LogP contribution < -0.4 is 9.80 Å². The van der Waals surface area contributed by atoms with Crippen LogP contribution >= 0.6 is 0 Å². The number of aromatic nitrogens is 8. The van der Waals surface area contributed by atoms with E-state index in [2.05, 4.69) is 176 Å². The van der Waals surface area contributed by atoms with Gasteiger partial charge in [0.25, 0.3) is 0 Å². The second-order valence-electron chi connectivity index (χ2n) is 13.2. The van der Waals surface area contributed by atoms with Crippen molar-refractivity contribution in [3.63, 3.8) is 0 Å². The molecule has 1 fully saturated rings. The average Bonchev–Trinajstić information content (AvgIpc) is 3.80. The molecule has 1 saturated heterocycles. The first-order chi connectivity index (χ1) is 24.4. The maximum atomic E-state index is 4.64. The van der Waals surface area contributed by atoms with Gasteiger partial charge in [0.1, 0.15) is 0 Å². The van der Waals surface area contributed by atoms with Crippen molar-refractivity contribution in [2.75, 3.05) is 64.2 Å². The van der Waals surface area contributed by atoms with Crippen LogP contribution in [0.15, 0.2) is 109 Å². The first-order valence-electron chi connectivity index (χ1n) is 17.1. The third-order valence-electron chi connectivity index (χ3n) is 9.49. The van der Waals surface area contributed by atoms with Gasteiger partial charge in [0.15, 0.2) is 11.6 Å². The van der Waals surface area contributed by atoms with Crippen LogP contribution in [0.5, 0.6) is 0 Å². The Morgan fingerprint density at radius 3 is 1.20 bits per heavy atom. The molecule has 0 saturated carbocycles. The quantitative estimate of drug-likeness (QED) is 0.187. The van der Waals surface area contributed by atoms with Crippen molar-refractivity contribution < 1.29 is 0 Å². The van der Waals surface area contributed by atoms with E-state index >= 15 is 0 Å². The lowest BCUT2D eigenvalue weighted by molar-refractivity contribution is 0.0825. The minimum atomic E-state index is -0.117. The van der Waals surface area contributed by atoms with Gasteiger partial charge in [-0.3, -0.25) is 9.80 Å². The summed E-state index contributed by atoms with van der Waals surface area (Å²) in [5, 5.41) is 26.6. The number of hydrogen-bond acceptors (Lipinski definition) is 10. The van der Waals surface area contributed by atoms with Crippen LogP contribution in [0.3, 0.4) is 0 Å². The first-order valence-corrected chi connectivity index (χ1v) is 17.1. The summed E-state index contributed by atoms with van der Waals surface area (Å²) < 4.78 is 3.89. The van der Waals surface area contributed by atoms with Gasteiger partial charge in [0.2, 0.25) is 0 Å². The maximum Gasteiger partial charge on any atom is 0.173 e. The predicted octanol–water partition coefficient (Wildman–Crippen LogP) is 4.38. The van der Waals surface area contributed by atoms with Gasteiger partial charge in [-0.15, -0.1) is 10.2 Å². The van der Waals surface area contributed by atoms with E-state index in [0.29, 0.717) is 13.1 Å². The zero-order valence-electron chi connectivity index (χ0n) is 29.2. The van der Waals surface area contributed by atoms with Gasteiger partial charge in [0.05, 0.1) is 25.2 Å². The Balaban J connectivity index is 1.19. The third-order valence-corrected chi connectivity index (χ3v) is 9.49. The topological polar surface area (TPSA) is 100 Å². The summed E-state index contributed by atoms with van der Waals surface area (Å²) in [6, 6.07) is 38.0. The number of nitrogens with zero attached hydrogens (tertiary/aromatic N) is 12. The predicted molar refractivity (Wildman–Crippen MR) is 195 cm³/mol. The molecular weight excluding hydrogens is 625 g/mol. The molecule has 12 nitrogen and oxygen atoms in total. The van der Waals surface area contributed by atoms with Crippen LogP contribution in [0.2, 0.25) is 0 Å². The molecule has 0 N–H and O–H groups in total. The lowest BCUT2D eigenvalue weighted by Gasteiger charge is -2.41. The normalized spacial score (nSPS) is 15.1. The van der Waals surface area contributed by atoms with Crippen molar-refractivity contribution in [1.82, 2.24) is 50.2 Å². The van der Waals surface area contributed by atoms with Crippen molar-refractivity contribution >= 4 is 11.4 Å². The summed E-state index contributed by atoms with van der Waals surface area (Å²) in [5.74, 6) is 1.67. The first kappa shape index (κ1) is 33.1. The van der Waals surface area contributed by atoms with Gasteiger partial charge < -0.3 is 9.80 Å². The summed E-state index contributed by atoms with van der Waals surface area (Å²) in [6.45, 7) is 4.44. The van der Waals surface area contributed by atoms with E-state index in [4.69, 9.17) is 0 Å². The average molecular weight is 669 g/mol. The molecule has 50 heavy (non-hydrogen) atoms. The molecule has 12 heteroatoms. The van der Waals surface area contributed by atoms with E-state index in [9.17, 15) is 0 Å². The lowest BCUT2D eigenvalue weighted by atomic mass is 10.00. The Labute approximate surface area is 293 Å². The zero-order valence-corrected chi connectivity index (χ0v) is 29.2. The van der Waals surface area contributed by atoms with E-state index in [1.165, 1.54) is 0 Å². The molecule has 3 heterocycles.